The van der Waals surface area contributed by atoms with Gasteiger partial charge in [0.25, 0.3) is 5.69 Å². The van der Waals surface area contributed by atoms with Gasteiger partial charge in [0.1, 0.15) is 11.6 Å². The third kappa shape index (κ3) is 3.62. The van der Waals surface area contributed by atoms with Crippen molar-refractivity contribution >= 4 is 28.7 Å². The summed E-state index contributed by atoms with van der Waals surface area (Å²) in [5.74, 6) is 0.944. The Hall–Kier alpha value is -2.22. The molecule has 8 heteroatoms. The molecule has 2 N–H and O–H groups in total. The van der Waals surface area contributed by atoms with Gasteiger partial charge in [0, 0.05) is 25.4 Å². The second-order valence-electron chi connectivity index (χ2n) is 3.76. The molecular formula is C11H13N5O2S. The summed E-state index contributed by atoms with van der Waals surface area (Å²) >= 11 is 1.54. The fourth-order valence-corrected chi connectivity index (χ4v) is 2.11. The molecule has 0 saturated carbocycles. The number of anilines is 2. The lowest BCUT2D eigenvalue weighted by atomic mass is 10.3. The molecule has 0 spiro atoms. The normalized spacial score (nSPS) is 10.2. The van der Waals surface area contributed by atoms with E-state index in [-0.39, 0.29) is 5.69 Å². The van der Waals surface area contributed by atoms with E-state index in [1.165, 1.54) is 12.1 Å². The molecule has 0 radical (unpaired) electrons. The molecule has 100 valence electrons. The minimum atomic E-state index is -0.436. The fraction of sp³-hybridized carbons (Fsp3) is 0.273. The van der Waals surface area contributed by atoms with E-state index in [9.17, 15) is 10.1 Å². The molecule has 2 heterocycles. The van der Waals surface area contributed by atoms with Crippen LogP contribution < -0.4 is 10.6 Å². The van der Waals surface area contributed by atoms with Crippen LogP contribution in [0.3, 0.4) is 0 Å². The summed E-state index contributed by atoms with van der Waals surface area (Å²) in [5, 5.41) is 18.6. The number of aromatic nitrogens is 2. The highest BCUT2D eigenvalue weighted by Gasteiger charge is 2.10. The van der Waals surface area contributed by atoms with Gasteiger partial charge in [0.2, 0.25) is 0 Å². The Morgan fingerprint density at radius 2 is 2.21 bits per heavy atom. The Morgan fingerprint density at radius 3 is 2.84 bits per heavy atom. The zero-order chi connectivity index (χ0) is 13.7. The highest BCUT2D eigenvalue weighted by Crippen LogP contribution is 2.20. The number of thiazole rings is 1. The number of nitrogens with one attached hydrogen (secondary N) is 2. The van der Waals surface area contributed by atoms with Crippen molar-refractivity contribution in [3.63, 3.8) is 0 Å². The van der Waals surface area contributed by atoms with E-state index in [4.69, 9.17) is 0 Å². The summed E-state index contributed by atoms with van der Waals surface area (Å²) in [6, 6.07) is 2.81. The quantitative estimate of drug-likeness (QED) is 0.621. The molecule has 0 aliphatic carbocycles. The smallest absolute Gasteiger partial charge is 0.276 e. The van der Waals surface area contributed by atoms with Crippen molar-refractivity contribution in [3.05, 3.63) is 38.8 Å². The van der Waals surface area contributed by atoms with Gasteiger partial charge >= 0.3 is 0 Å². The molecule has 2 aromatic heterocycles. The highest BCUT2D eigenvalue weighted by molar-refractivity contribution is 7.07. The van der Waals surface area contributed by atoms with E-state index < -0.39 is 4.92 Å². The van der Waals surface area contributed by atoms with Gasteiger partial charge in [0.05, 0.1) is 28.3 Å². The lowest BCUT2D eigenvalue weighted by Gasteiger charge is -2.06. The van der Waals surface area contributed by atoms with Gasteiger partial charge in [-0.2, -0.15) is 0 Å². The molecule has 0 unspecified atom stereocenters. The predicted octanol–water partition coefficient (Wildman–Crippen LogP) is 2.14. The average molecular weight is 279 g/mol. The van der Waals surface area contributed by atoms with Crippen LogP contribution in [0.15, 0.2) is 23.0 Å². The van der Waals surface area contributed by atoms with Crippen LogP contribution in [0.5, 0.6) is 0 Å². The van der Waals surface area contributed by atoms with Crippen LogP contribution in [0.4, 0.5) is 17.3 Å². The Morgan fingerprint density at radius 1 is 1.42 bits per heavy atom. The van der Waals surface area contributed by atoms with Gasteiger partial charge < -0.3 is 10.6 Å². The van der Waals surface area contributed by atoms with Crippen LogP contribution >= 0.6 is 11.3 Å². The monoisotopic (exact) mass is 279 g/mol. The van der Waals surface area contributed by atoms with Crippen molar-refractivity contribution in [1.82, 2.24) is 9.97 Å². The fourth-order valence-electron chi connectivity index (χ4n) is 1.52. The first kappa shape index (κ1) is 13.2. The van der Waals surface area contributed by atoms with Crippen molar-refractivity contribution in [2.45, 2.75) is 6.42 Å². The van der Waals surface area contributed by atoms with Crippen LogP contribution in [0, 0.1) is 10.1 Å². The SMILES string of the molecule is CNc1cc([N+](=O)[O-])cc(NCCc2cscn2)n1. The molecule has 0 bridgehead atoms. The average Bonchev–Trinajstić information content (AvgIpc) is 2.91. The molecule has 0 aromatic carbocycles. The number of nitrogens with zero attached hydrogens (tertiary/aromatic N) is 3. The van der Waals surface area contributed by atoms with Gasteiger partial charge in [-0.05, 0) is 0 Å². The first-order chi connectivity index (χ1) is 9.19. The van der Waals surface area contributed by atoms with E-state index in [2.05, 4.69) is 20.6 Å². The van der Waals surface area contributed by atoms with Gasteiger partial charge in [-0.3, -0.25) is 10.1 Å². The lowest BCUT2D eigenvalue weighted by molar-refractivity contribution is -0.384. The Kier molecular flexibility index (Phi) is 4.24. The summed E-state index contributed by atoms with van der Waals surface area (Å²) in [6.45, 7) is 0.626. The van der Waals surface area contributed by atoms with Gasteiger partial charge in [-0.25, -0.2) is 9.97 Å². The summed E-state index contributed by atoms with van der Waals surface area (Å²) in [4.78, 5) is 18.7. The molecule has 0 aliphatic rings. The maximum Gasteiger partial charge on any atom is 0.276 e. The van der Waals surface area contributed by atoms with Crippen LogP contribution in [-0.4, -0.2) is 28.5 Å². The van der Waals surface area contributed by atoms with Gasteiger partial charge in [-0.1, -0.05) is 0 Å². The molecule has 0 saturated heterocycles. The number of hydrogen-bond donors (Lipinski definition) is 2. The maximum absolute atomic E-state index is 10.8. The van der Waals surface area contributed by atoms with Crippen molar-refractivity contribution in [2.75, 3.05) is 24.2 Å². The van der Waals surface area contributed by atoms with E-state index in [1.807, 2.05) is 5.38 Å². The van der Waals surface area contributed by atoms with E-state index in [1.54, 1.807) is 23.9 Å². The molecule has 0 atom stereocenters. The Balaban J connectivity index is 2.02. The lowest BCUT2D eigenvalue weighted by Crippen LogP contribution is -2.08. The second kappa shape index (κ2) is 6.10. The standard InChI is InChI=1S/C11H13N5O2S/c1-12-10-4-9(16(17)18)5-11(15-10)13-3-2-8-6-19-7-14-8/h4-7H,2-3H2,1H3,(H2,12,13,15). The van der Waals surface area contributed by atoms with Gasteiger partial charge in [-0.15, -0.1) is 11.3 Å². The number of rotatable bonds is 6. The Bertz CT molecular complexity index is 558. The second-order valence-corrected chi connectivity index (χ2v) is 4.48. The first-order valence-electron chi connectivity index (χ1n) is 5.64. The van der Waals surface area contributed by atoms with Crippen molar-refractivity contribution in [2.24, 2.45) is 0 Å². The van der Waals surface area contributed by atoms with Crippen molar-refractivity contribution < 1.29 is 4.92 Å². The largest absolute Gasteiger partial charge is 0.373 e. The summed E-state index contributed by atoms with van der Waals surface area (Å²) in [5.41, 5.74) is 2.78. The zero-order valence-corrected chi connectivity index (χ0v) is 11.1. The molecule has 0 aliphatic heterocycles. The predicted molar refractivity (Wildman–Crippen MR) is 74.7 cm³/mol. The summed E-state index contributed by atoms with van der Waals surface area (Å²) < 4.78 is 0. The van der Waals surface area contributed by atoms with Crippen LogP contribution in [0.1, 0.15) is 5.69 Å². The molecule has 0 fully saturated rings. The van der Waals surface area contributed by atoms with Gasteiger partial charge in [0.15, 0.2) is 0 Å². The molecule has 2 aromatic rings. The summed E-state index contributed by atoms with van der Waals surface area (Å²) in [6.07, 6.45) is 0.753. The Labute approximate surface area is 113 Å². The molecule has 2 rings (SSSR count). The van der Waals surface area contributed by atoms with Crippen LogP contribution in [0.25, 0.3) is 0 Å². The maximum atomic E-state index is 10.8. The highest BCUT2D eigenvalue weighted by atomic mass is 32.1. The molecule has 19 heavy (non-hydrogen) atoms. The minimum Gasteiger partial charge on any atom is -0.373 e. The van der Waals surface area contributed by atoms with E-state index >= 15 is 0 Å². The van der Waals surface area contributed by atoms with E-state index in [0.717, 1.165) is 12.1 Å². The summed E-state index contributed by atoms with van der Waals surface area (Å²) in [7, 11) is 1.67. The third-order valence-electron chi connectivity index (χ3n) is 2.45. The number of pyridine rings is 1. The molecular weight excluding hydrogens is 266 g/mol. The van der Waals surface area contributed by atoms with Crippen LogP contribution in [0.2, 0.25) is 0 Å². The topological polar surface area (TPSA) is 93.0 Å². The molecule has 7 nitrogen and oxygen atoms in total. The number of hydrogen-bond acceptors (Lipinski definition) is 7. The third-order valence-corrected chi connectivity index (χ3v) is 3.08. The number of nitro groups is 1. The first-order valence-corrected chi connectivity index (χ1v) is 6.58. The van der Waals surface area contributed by atoms with E-state index in [0.29, 0.717) is 18.2 Å². The minimum absolute atomic E-state index is 0.00973. The van der Waals surface area contributed by atoms with Crippen molar-refractivity contribution in [3.8, 4) is 0 Å². The molecule has 0 amide bonds. The van der Waals surface area contributed by atoms with Crippen molar-refractivity contribution in [1.29, 1.82) is 0 Å². The van der Waals surface area contributed by atoms with Crippen LogP contribution in [-0.2, 0) is 6.42 Å². The zero-order valence-electron chi connectivity index (χ0n) is 10.3.